The summed E-state index contributed by atoms with van der Waals surface area (Å²) < 4.78 is 10.7. The second-order valence-electron chi connectivity index (χ2n) is 5.42. The number of benzene rings is 2. The van der Waals surface area contributed by atoms with Gasteiger partial charge < -0.3 is 14.8 Å². The minimum atomic E-state index is 0.306. The molecule has 3 nitrogen and oxygen atoms in total. The lowest BCUT2D eigenvalue weighted by molar-refractivity contribution is 0.357. The number of ether oxygens (including phenoxy) is 2. The van der Waals surface area contributed by atoms with Crippen LogP contribution in [0, 0.1) is 0 Å². The maximum Gasteiger partial charge on any atom is 0.122 e. The van der Waals surface area contributed by atoms with Gasteiger partial charge in [-0.25, -0.2) is 0 Å². The monoisotopic (exact) mass is 283 g/mol. The summed E-state index contributed by atoms with van der Waals surface area (Å²) in [6.45, 7) is 3.85. The van der Waals surface area contributed by atoms with Crippen molar-refractivity contribution in [1.82, 2.24) is 5.32 Å². The SMILES string of the molecule is COc1ccc([C@@H](C)NCc2ccc3c(c2)CCO3)cc1. The first-order valence-electron chi connectivity index (χ1n) is 7.38. The van der Waals surface area contributed by atoms with Crippen molar-refractivity contribution in [2.45, 2.75) is 25.9 Å². The molecule has 1 aliphatic rings. The van der Waals surface area contributed by atoms with Crippen LogP contribution in [0.25, 0.3) is 0 Å². The molecule has 2 aromatic carbocycles. The van der Waals surface area contributed by atoms with E-state index >= 15 is 0 Å². The molecular formula is C18H21NO2. The van der Waals surface area contributed by atoms with Crippen LogP contribution in [0.2, 0.25) is 0 Å². The van der Waals surface area contributed by atoms with Crippen molar-refractivity contribution in [3.8, 4) is 11.5 Å². The van der Waals surface area contributed by atoms with Crippen LogP contribution in [-0.2, 0) is 13.0 Å². The zero-order valence-corrected chi connectivity index (χ0v) is 12.6. The van der Waals surface area contributed by atoms with E-state index in [2.05, 4.69) is 42.6 Å². The summed E-state index contributed by atoms with van der Waals surface area (Å²) in [6.07, 6.45) is 1.03. The van der Waals surface area contributed by atoms with Gasteiger partial charge >= 0.3 is 0 Å². The average Bonchev–Trinajstić information content (AvgIpc) is 3.00. The Kier molecular flexibility index (Phi) is 4.11. The first-order chi connectivity index (χ1) is 10.3. The van der Waals surface area contributed by atoms with Crippen LogP contribution in [0.15, 0.2) is 42.5 Å². The van der Waals surface area contributed by atoms with E-state index in [1.165, 1.54) is 16.7 Å². The fraction of sp³-hybridized carbons (Fsp3) is 0.333. The van der Waals surface area contributed by atoms with E-state index in [4.69, 9.17) is 9.47 Å². The van der Waals surface area contributed by atoms with Crippen LogP contribution < -0.4 is 14.8 Å². The lowest BCUT2D eigenvalue weighted by Gasteiger charge is -2.15. The van der Waals surface area contributed by atoms with Gasteiger partial charge in [-0.3, -0.25) is 0 Å². The Bertz CT molecular complexity index is 607. The largest absolute Gasteiger partial charge is 0.497 e. The van der Waals surface area contributed by atoms with E-state index in [0.717, 1.165) is 31.1 Å². The molecule has 3 rings (SSSR count). The molecule has 0 fully saturated rings. The number of hydrogen-bond acceptors (Lipinski definition) is 3. The van der Waals surface area contributed by atoms with Gasteiger partial charge in [-0.2, -0.15) is 0 Å². The highest BCUT2D eigenvalue weighted by Crippen LogP contribution is 2.26. The van der Waals surface area contributed by atoms with Crippen LogP contribution in [0.1, 0.15) is 29.7 Å². The smallest absolute Gasteiger partial charge is 0.122 e. The number of nitrogens with one attached hydrogen (secondary N) is 1. The molecule has 0 radical (unpaired) electrons. The molecule has 1 heterocycles. The lowest BCUT2D eigenvalue weighted by atomic mass is 10.1. The zero-order chi connectivity index (χ0) is 14.7. The van der Waals surface area contributed by atoms with Crippen LogP contribution >= 0.6 is 0 Å². The maximum atomic E-state index is 5.54. The predicted octanol–water partition coefficient (Wildman–Crippen LogP) is 3.48. The molecule has 110 valence electrons. The first kappa shape index (κ1) is 14.0. The summed E-state index contributed by atoms with van der Waals surface area (Å²) in [4.78, 5) is 0. The molecule has 0 amide bonds. The summed E-state index contributed by atoms with van der Waals surface area (Å²) in [5, 5.41) is 3.56. The van der Waals surface area contributed by atoms with Crippen molar-refractivity contribution in [2.75, 3.05) is 13.7 Å². The molecule has 0 aromatic heterocycles. The first-order valence-corrected chi connectivity index (χ1v) is 7.38. The molecule has 0 saturated carbocycles. The van der Waals surface area contributed by atoms with E-state index in [9.17, 15) is 0 Å². The number of rotatable bonds is 5. The molecule has 1 atom stereocenters. The van der Waals surface area contributed by atoms with Crippen molar-refractivity contribution in [1.29, 1.82) is 0 Å². The number of hydrogen-bond donors (Lipinski definition) is 1. The summed E-state index contributed by atoms with van der Waals surface area (Å²) in [7, 11) is 1.69. The van der Waals surface area contributed by atoms with Gasteiger partial charge in [0.2, 0.25) is 0 Å². The van der Waals surface area contributed by atoms with Gasteiger partial charge in [0, 0.05) is 19.0 Å². The van der Waals surface area contributed by atoms with Gasteiger partial charge in [0.05, 0.1) is 13.7 Å². The van der Waals surface area contributed by atoms with Crippen LogP contribution in [0.3, 0.4) is 0 Å². The standard InChI is InChI=1S/C18H21NO2/c1-13(15-4-6-17(20-2)7-5-15)19-12-14-3-8-18-16(11-14)9-10-21-18/h3-8,11,13,19H,9-10,12H2,1-2H3/t13-/m1/s1. The zero-order valence-electron chi connectivity index (χ0n) is 12.6. The van der Waals surface area contributed by atoms with Gasteiger partial charge in [0.1, 0.15) is 11.5 Å². The molecule has 21 heavy (non-hydrogen) atoms. The van der Waals surface area contributed by atoms with Crippen molar-refractivity contribution >= 4 is 0 Å². The van der Waals surface area contributed by atoms with E-state index in [-0.39, 0.29) is 0 Å². The molecule has 1 aliphatic heterocycles. The Balaban J connectivity index is 1.61. The van der Waals surface area contributed by atoms with Crippen molar-refractivity contribution < 1.29 is 9.47 Å². The van der Waals surface area contributed by atoms with Crippen LogP contribution in [0.4, 0.5) is 0 Å². The predicted molar refractivity (Wildman–Crippen MR) is 83.9 cm³/mol. The Morgan fingerprint density at radius 2 is 2.00 bits per heavy atom. The Labute approximate surface area is 125 Å². The second kappa shape index (κ2) is 6.19. The van der Waals surface area contributed by atoms with Crippen molar-refractivity contribution in [3.05, 3.63) is 59.2 Å². The Hall–Kier alpha value is -2.00. The molecule has 1 N–H and O–H groups in total. The normalized spacial score (nSPS) is 14.4. The molecule has 0 aliphatic carbocycles. The minimum absolute atomic E-state index is 0.306. The Morgan fingerprint density at radius 1 is 1.19 bits per heavy atom. The molecular weight excluding hydrogens is 262 g/mol. The lowest BCUT2D eigenvalue weighted by Crippen LogP contribution is -2.18. The highest BCUT2D eigenvalue weighted by molar-refractivity contribution is 5.39. The minimum Gasteiger partial charge on any atom is -0.497 e. The van der Waals surface area contributed by atoms with Gasteiger partial charge in [0.25, 0.3) is 0 Å². The summed E-state index contributed by atoms with van der Waals surface area (Å²) in [5.74, 6) is 1.94. The van der Waals surface area contributed by atoms with Gasteiger partial charge in [0.15, 0.2) is 0 Å². The number of fused-ring (bicyclic) bond motifs is 1. The second-order valence-corrected chi connectivity index (χ2v) is 5.42. The fourth-order valence-electron chi connectivity index (χ4n) is 2.63. The average molecular weight is 283 g/mol. The van der Waals surface area contributed by atoms with E-state index in [1.807, 2.05) is 12.1 Å². The molecule has 0 bridgehead atoms. The topological polar surface area (TPSA) is 30.5 Å². The van der Waals surface area contributed by atoms with Gasteiger partial charge in [-0.05, 0) is 41.8 Å². The maximum absolute atomic E-state index is 5.54. The van der Waals surface area contributed by atoms with Gasteiger partial charge in [-0.15, -0.1) is 0 Å². The van der Waals surface area contributed by atoms with Crippen molar-refractivity contribution in [3.63, 3.8) is 0 Å². The summed E-state index contributed by atoms with van der Waals surface area (Å²) in [6, 6.07) is 15.0. The molecule has 0 spiro atoms. The van der Waals surface area contributed by atoms with Gasteiger partial charge in [-0.1, -0.05) is 24.3 Å². The van der Waals surface area contributed by atoms with E-state index in [0.29, 0.717) is 6.04 Å². The third kappa shape index (κ3) is 3.19. The highest BCUT2D eigenvalue weighted by Gasteiger charge is 2.12. The Morgan fingerprint density at radius 3 is 2.76 bits per heavy atom. The fourth-order valence-corrected chi connectivity index (χ4v) is 2.63. The summed E-state index contributed by atoms with van der Waals surface area (Å²) in [5.41, 5.74) is 3.89. The molecule has 0 saturated heterocycles. The summed E-state index contributed by atoms with van der Waals surface area (Å²) >= 11 is 0. The van der Waals surface area contributed by atoms with Crippen LogP contribution in [-0.4, -0.2) is 13.7 Å². The molecule has 0 unspecified atom stereocenters. The number of methoxy groups -OCH3 is 1. The van der Waals surface area contributed by atoms with Crippen LogP contribution in [0.5, 0.6) is 11.5 Å². The third-order valence-corrected chi connectivity index (χ3v) is 3.98. The molecule has 3 heteroatoms. The van der Waals surface area contributed by atoms with E-state index in [1.54, 1.807) is 7.11 Å². The van der Waals surface area contributed by atoms with Crippen molar-refractivity contribution in [2.24, 2.45) is 0 Å². The quantitative estimate of drug-likeness (QED) is 0.911. The molecule has 2 aromatic rings. The third-order valence-electron chi connectivity index (χ3n) is 3.98. The van der Waals surface area contributed by atoms with E-state index < -0.39 is 0 Å². The highest BCUT2D eigenvalue weighted by atomic mass is 16.5.